The van der Waals surface area contributed by atoms with Crippen molar-refractivity contribution in [3.05, 3.63) is 160 Å². The van der Waals surface area contributed by atoms with Gasteiger partial charge in [-0.25, -0.2) is 15.0 Å². The molecule has 1 aliphatic heterocycles. The van der Waals surface area contributed by atoms with Crippen LogP contribution in [0, 0.1) is 0 Å². The molecule has 0 radical (unpaired) electrons. The zero-order chi connectivity index (χ0) is 51.5. The van der Waals surface area contributed by atoms with Crippen LogP contribution in [0.25, 0.3) is 0 Å². The van der Waals surface area contributed by atoms with Crippen molar-refractivity contribution in [1.29, 1.82) is 0 Å². The van der Waals surface area contributed by atoms with Crippen molar-refractivity contribution in [2.45, 2.75) is 118 Å². The predicted molar refractivity (Wildman–Crippen MR) is 276 cm³/mol. The summed E-state index contributed by atoms with van der Waals surface area (Å²) < 4.78 is 39.4. The first-order valence-electron chi connectivity index (χ1n) is 24.0. The fourth-order valence-corrected chi connectivity index (χ4v) is 7.83. The molecule has 4 heterocycles. The van der Waals surface area contributed by atoms with E-state index in [1.807, 2.05) is 36.4 Å². The quantitative estimate of drug-likeness (QED) is 0.106. The highest BCUT2D eigenvalue weighted by molar-refractivity contribution is 5.92. The van der Waals surface area contributed by atoms with E-state index < -0.39 is 17.7 Å². The topological polar surface area (TPSA) is 181 Å². The summed E-state index contributed by atoms with van der Waals surface area (Å²) >= 11 is 0. The summed E-state index contributed by atoms with van der Waals surface area (Å²) in [5.74, 6) is 1.31. The van der Waals surface area contributed by atoms with Gasteiger partial charge in [0.1, 0.15) is 34.7 Å². The van der Waals surface area contributed by atoms with Crippen LogP contribution in [0.5, 0.6) is 17.2 Å². The van der Waals surface area contributed by atoms with E-state index in [0.29, 0.717) is 68.1 Å². The van der Waals surface area contributed by atoms with Crippen molar-refractivity contribution in [3.8, 4) is 17.2 Å². The Labute approximate surface area is 422 Å². The lowest BCUT2D eigenvalue weighted by atomic mass is 9.84. The molecule has 378 valence electrons. The summed E-state index contributed by atoms with van der Waals surface area (Å²) in [5.41, 5.74) is 6.23. The number of nitrogens with one attached hydrogen (secondary N) is 3. The fourth-order valence-electron chi connectivity index (χ4n) is 7.83. The standard InChI is InChI=1S/C57H66N6O9/c1-55(2,3)43-22-37-28-67-30-39-24-44(56(4,5)6)26-41(53(39)71-35-50(65)62-47-17-11-14-20-59-47)32-69-33-42-27-45(57(7,8)9)25-40(54(42)72-36-51(66)63-48-18-12-15-21-60-48)31-68-29-38(23-43)52(37)70-34-49(64)61-46-16-10-13-19-58-46/h10-27H,28-36H2,1-9H3,(H,58,61,64)(H,59,62,65)(H,60,63,66). The maximum absolute atomic E-state index is 13.4. The number of hydrogen-bond acceptors (Lipinski definition) is 12. The number of ether oxygens (including phenoxy) is 6. The van der Waals surface area contributed by atoms with E-state index in [0.717, 1.165) is 16.7 Å². The molecule has 3 amide bonds. The van der Waals surface area contributed by atoms with Crippen molar-refractivity contribution in [3.63, 3.8) is 0 Å². The molecule has 0 saturated heterocycles. The van der Waals surface area contributed by atoms with Crippen LogP contribution in [0.3, 0.4) is 0 Å². The average Bonchev–Trinajstić information content (AvgIpc) is 3.32. The van der Waals surface area contributed by atoms with Gasteiger partial charge in [-0.05, 0) is 106 Å². The third-order valence-corrected chi connectivity index (χ3v) is 11.7. The number of hydrogen-bond donors (Lipinski definition) is 3. The SMILES string of the molecule is CC(C)(C)c1cc2c(OCC(=O)Nc3ccccn3)c(c1)COCc1cc(C(C)(C)C)cc(c1OCC(=O)Nc1ccccn1)COCc1cc(C(C)(C)C)cc(c1OCC(=O)Nc1ccccn1)COC2. The van der Waals surface area contributed by atoms with E-state index in [1.54, 1.807) is 73.2 Å². The highest BCUT2D eigenvalue weighted by atomic mass is 16.5. The van der Waals surface area contributed by atoms with Crippen molar-refractivity contribution in [2.24, 2.45) is 0 Å². The fraction of sp³-hybridized carbons (Fsp3) is 0.368. The van der Waals surface area contributed by atoms with Gasteiger partial charge < -0.3 is 44.4 Å². The van der Waals surface area contributed by atoms with Crippen LogP contribution in [0.4, 0.5) is 17.5 Å². The van der Waals surface area contributed by atoms with Crippen LogP contribution in [0.2, 0.25) is 0 Å². The van der Waals surface area contributed by atoms with Gasteiger partial charge in [0.15, 0.2) is 19.8 Å². The monoisotopic (exact) mass is 978 g/mol. The molecular weight excluding hydrogens is 913 g/mol. The summed E-state index contributed by atoms with van der Waals surface area (Å²) in [6.07, 6.45) is 4.80. The Bertz CT molecular complexity index is 2440. The summed E-state index contributed by atoms with van der Waals surface area (Å²) in [6.45, 7) is 18.6. The minimum Gasteiger partial charge on any atom is -0.483 e. The summed E-state index contributed by atoms with van der Waals surface area (Å²) in [5, 5.41) is 8.44. The van der Waals surface area contributed by atoms with Gasteiger partial charge in [0.05, 0.1) is 39.6 Å². The van der Waals surface area contributed by atoms with Crippen LogP contribution in [-0.2, 0) is 84.5 Å². The molecule has 0 fully saturated rings. The number of rotatable bonds is 12. The van der Waals surface area contributed by atoms with Crippen molar-refractivity contribution in [1.82, 2.24) is 15.0 Å². The minimum absolute atomic E-state index is 0.0782. The molecule has 3 N–H and O–H groups in total. The maximum atomic E-state index is 13.4. The first kappa shape index (κ1) is 52.6. The van der Waals surface area contributed by atoms with Gasteiger partial charge in [-0.3, -0.25) is 14.4 Å². The predicted octanol–water partition coefficient (Wildman–Crippen LogP) is 10.3. The van der Waals surface area contributed by atoms with Crippen molar-refractivity contribution < 1.29 is 42.8 Å². The number of fused-ring (bicyclic) bond motifs is 6. The molecule has 3 aromatic carbocycles. The highest BCUT2D eigenvalue weighted by Crippen LogP contribution is 2.38. The van der Waals surface area contributed by atoms with E-state index in [2.05, 4.69) is 93.2 Å². The molecule has 7 rings (SSSR count). The largest absolute Gasteiger partial charge is 0.483 e. The number of aromatic nitrogens is 3. The summed E-state index contributed by atoms with van der Waals surface area (Å²) in [7, 11) is 0. The van der Waals surface area contributed by atoms with E-state index in [4.69, 9.17) is 28.4 Å². The van der Waals surface area contributed by atoms with Crippen LogP contribution >= 0.6 is 0 Å². The Morgan fingerprint density at radius 3 is 0.847 bits per heavy atom. The lowest BCUT2D eigenvalue weighted by molar-refractivity contribution is -0.118. The van der Waals surface area contributed by atoms with Gasteiger partial charge in [-0.1, -0.05) is 80.5 Å². The summed E-state index contributed by atoms with van der Waals surface area (Å²) in [4.78, 5) is 53.0. The molecule has 15 heteroatoms. The highest BCUT2D eigenvalue weighted by Gasteiger charge is 2.26. The van der Waals surface area contributed by atoms with Gasteiger partial charge in [0, 0.05) is 52.0 Å². The third kappa shape index (κ3) is 14.7. The van der Waals surface area contributed by atoms with Gasteiger partial charge in [-0.15, -0.1) is 0 Å². The number of anilines is 3. The smallest absolute Gasteiger partial charge is 0.263 e. The molecule has 15 nitrogen and oxygen atoms in total. The first-order chi connectivity index (χ1) is 34.3. The van der Waals surface area contributed by atoms with E-state index >= 15 is 0 Å². The molecule has 0 aliphatic carbocycles. The third-order valence-electron chi connectivity index (χ3n) is 11.7. The molecule has 0 spiro atoms. The molecule has 1 aliphatic rings. The number of pyridine rings is 3. The Morgan fingerprint density at radius 1 is 0.417 bits per heavy atom. The van der Waals surface area contributed by atoms with Gasteiger partial charge in [-0.2, -0.15) is 0 Å². The van der Waals surface area contributed by atoms with Crippen LogP contribution in [0.1, 0.15) is 112 Å². The van der Waals surface area contributed by atoms with Crippen molar-refractivity contribution in [2.75, 3.05) is 35.8 Å². The molecular formula is C57H66N6O9. The Morgan fingerprint density at radius 2 is 0.653 bits per heavy atom. The maximum Gasteiger partial charge on any atom is 0.263 e. The second-order valence-corrected chi connectivity index (χ2v) is 20.8. The molecule has 6 aromatic rings. The number of carbonyl (C=O) groups is 3. The molecule has 3 aromatic heterocycles. The van der Waals surface area contributed by atoms with E-state index in [-0.39, 0.29) is 75.7 Å². The van der Waals surface area contributed by atoms with Crippen LogP contribution < -0.4 is 30.2 Å². The van der Waals surface area contributed by atoms with Gasteiger partial charge in [0.25, 0.3) is 17.7 Å². The van der Waals surface area contributed by atoms with Gasteiger partial charge in [0.2, 0.25) is 0 Å². The van der Waals surface area contributed by atoms with Gasteiger partial charge >= 0.3 is 0 Å². The minimum atomic E-state index is -0.398. The van der Waals surface area contributed by atoms with E-state index in [1.165, 1.54) is 0 Å². The zero-order valence-electron chi connectivity index (χ0n) is 42.8. The Balaban J connectivity index is 1.34. The van der Waals surface area contributed by atoms with Crippen LogP contribution in [-0.4, -0.2) is 52.5 Å². The summed E-state index contributed by atoms with van der Waals surface area (Å²) in [6, 6.07) is 28.0. The molecule has 72 heavy (non-hydrogen) atoms. The molecule has 0 unspecified atom stereocenters. The lowest BCUT2D eigenvalue weighted by Gasteiger charge is -2.26. The first-order valence-corrected chi connectivity index (χ1v) is 24.0. The van der Waals surface area contributed by atoms with Crippen LogP contribution in [0.15, 0.2) is 110 Å². The normalized spacial score (nSPS) is 13.5. The molecule has 0 atom stereocenters. The number of nitrogens with zero attached hydrogens (tertiary/aromatic N) is 3. The zero-order valence-corrected chi connectivity index (χ0v) is 42.8. The van der Waals surface area contributed by atoms with E-state index in [9.17, 15) is 14.4 Å². The number of carbonyl (C=O) groups excluding carboxylic acids is 3. The number of benzene rings is 3. The second-order valence-electron chi connectivity index (χ2n) is 20.8. The number of amides is 3. The average molecular weight is 979 g/mol. The van der Waals surface area contributed by atoms with Crippen molar-refractivity contribution >= 4 is 35.2 Å². The Kier molecular flexibility index (Phi) is 17.1. The lowest BCUT2D eigenvalue weighted by Crippen LogP contribution is -2.23. The Hall–Kier alpha value is -7.20. The molecule has 6 bridgehead atoms. The second kappa shape index (κ2) is 23.4. The molecule has 0 saturated carbocycles.